The van der Waals surface area contributed by atoms with Gasteiger partial charge in [-0.2, -0.15) is 0 Å². The molecule has 0 saturated heterocycles. The normalized spacial score (nSPS) is 13.3. The second-order valence-electron chi connectivity index (χ2n) is 4.95. The Bertz CT molecular complexity index is 725. The molecule has 0 bridgehead atoms. The lowest BCUT2D eigenvalue weighted by atomic mass is 10.1. The van der Waals surface area contributed by atoms with E-state index in [1.54, 1.807) is 26.1 Å². The molecule has 0 fully saturated rings. The average Bonchev–Trinajstić information content (AvgIpc) is 2.95. The second-order valence-corrected chi connectivity index (χ2v) is 7.56. The highest BCUT2D eigenvalue weighted by molar-refractivity contribution is 7.89. The van der Waals surface area contributed by atoms with Gasteiger partial charge in [-0.25, -0.2) is 18.1 Å². The first-order valence-electron chi connectivity index (χ1n) is 6.57. The summed E-state index contributed by atoms with van der Waals surface area (Å²) in [6.45, 7) is 5.78. The zero-order chi connectivity index (χ0) is 15.6. The van der Waals surface area contributed by atoms with E-state index in [9.17, 15) is 8.42 Å². The molecule has 21 heavy (non-hydrogen) atoms. The van der Waals surface area contributed by atoms with Crippen molar-refractivity contribution in [2.45, 2.75) is 38.3 Å². The van der Waals surface area contributed by atoms with Crippen molar-refractivity contribution >= 4 is 21.4 Å². The summed E-state index contributed by atoms with van der Waals surface area (Å²) in [7, 11) is -3.61. The van der Waals surface area contributed by atoms with Crippen molar-refractivity contribution in [3.63, 3.8) is 0 Å². The van der Waals surface area contributed by atoms with E-state index in [2.05, 4.69) is 9.71 Å². The van der Waals surface area contributed by atoms with Crippen LogP contribution >= 0.6 is 11.3 Å². The van der Waals surface area contributed by atoms with Crippen LogP contribution in [0.15, 0.2) is 28.6 Å². The molecule has 1 aromatic carbocycles. The number of hydrogen-bond acceptors (Lipinski definition) is 5. The molecule has 0 aliphatic carbocycles. The van der Waals surface area contributed by atoms with Crippen LogP contribution in [0.1, 0.15) is 34.7 Å². The molecule has 5 nitrogen and oxygen atoms in total. The minimum Gasteiger partial charge on any atom is -0.326 e. The van der Waals surface area contributed by atoms with Gasteiger partial charge < -0.3 is 5.73 Å². The summed E-state index contributed by atoms with van der Waals surface area (Å²) in [4.78, 5) is 4.42. The lowest BCUT2D eigenvalue weighted by Gasteiger charge is -2.16. The van der Waals surface area contributed by atoms with Gasteiger partial charge in [0.05, 0.1) is 10.9 Å². The Morgan fingerprint density at radius 2 is 2.10 bits per heavy atom. The van der Waals surface area contributed by atoms with Gasteiger partial charge >= 0.3 is 0 Å². The summed E-state index contributed by atoms with van der Waals surface area (Å²) in [6, 6.07) is 3.19. The third-order valence-electron chi connectivity index (χ3n) is 3.36. The Morgan fingerprint density at radius 3 is 2.67 bits per heavy atom. The van der Waals surface area contributed by atoms with Crippen molar-refractivity contribution in [3.8, 4) is 0 Å². The number of nitrogens with two attached hydrogens (primary N) is 1. The minimum absolute atomic E-state index is 0.284. The van der Waals surface area contributed by atoms with Crippen LogP contribution < -0.4 is 10.5 Å². The van der Waals surface area contributed by atoms with Gasteiger partial charge in [0.15, 0.2) is 0 Å². The molecule has 1 unspecified atom stereocenters. The van der Waals surface area contributed by atoms with Crippen LogP contribution in [0.4, 0.5) is 0 Å². The van der Waals surface area contributed by atoms with Crippen LogP contribution in [0.5, 0.6) is 0 Å². The van der Waals surface area contributed by atoms with Gasteiger partial charge in [-0.3, -0.25) is 0 Å². The molecular weight excluding hydrogens is 306 g/mol. The van der Waals surface area contributed by atoms with E-state index in [0.717, 1.165) is 21.7 Å². The summed E-state index contributed by atoms with van der Waals surface area (Å²) in [5.74, 6) is 0. The first-order valence-corrected chi connectivity index (χ1v) is 8.93. The number of benzene rings is 1. The predicted octanol–water partition coefficient (Wildman–Crippen LogP) is 2.26. The number of nitrogens with one attached hydrogen (secondary N) is 1. The molecule has 0 amide bonds. The Kier molecular flexibility index (Phi) is 4.77. The monoisotopic (exact) mass is 325 g/mol. The van der Waals surface area contributed by atoms with Crippen molar-refractivity contribution in [2.24, 2.45) is 5.73 Å². The molecule has 114 valence electrons. The van der Waals surface area contributed by atoms with Gasteiger partial charge in [0.1, 0.15) is 5.01 Å². The summed E-state index contributed by atoms with van der Waals surface area (Å²) in [5, 5.41) is 2.56. The van der Waals surface area contributed by atoms with E-state index in [-0.39, 0.29) is 10.9 Å². The SMILES string of the molecule is Cc1cc(CN)cc(S(=O)(=O)NC(C)c2nccs2)c1C. The van der Waals surface area contributed by atoms with Gasteiger partial charge in [0.25, 0.3) is 0 Å². The maximum absolute atomic E-state index is 12.6. The van der Waals surface area contributed by atoms with Gasteiger partial charge in [-0.1, -0.05) is 6.07 Å². The van der Waals surface area contributed by atoms with Crippen LogP contribution in [-0.2, 0) is 16.6 Å². The second kappa shape index (κ2) is 6.23. The molecule has 0 spiro atoms. The van der Waals surface area contributed by atoms with Crippen molar-refractivity contribution in [1.29, 1.82) is 0 Å². The fourth-order valence-corrected chi connectivity index (χ4v) is 4.39. The van der Waals surface area contributed by atoms with Crippen LogP contribution in [0, 0.1) is 13.8 Å². The smallest absolute Gasteiger partial charge is 0.241 e. The number of nitrogens with zero attached hydrogens (tertiary/aromatic N) is 1. The Balaban J connectivity index is 2.38. The third-order valence-corrected chi connectivity index (χ3v) is 5.98. The summed E-state index contributed by atoms with van der Waals surface area (Å²) < 4.78 is 27.9. The predicted molar refractivity (Wildman–Crippen MR) is 84.7 cm³/mol. The molecule has 1 heterocycles. The number of aryl methyl sites for hydroxylation is 1. The first kappa shape index (κ1) is 16.1. The lowest BCUT2D eigenvalue weighted by Crippen LogP contribution is -2.27. The van der Waals surface area contributed by atoms with E-state index in [0.29, 0.717) is 6.54 Å². The van der Waals surface area contributed by atoms with Crippen LogP contribution in [0.2, 0.25) is 0 Å². The molecule has 2 aromatic rings. The number of sulfonamides is 1. The van der Waals surface area contributed by atoms with E-state index >= 15 is 0 Å². The van der Waals surface area contributed by atoms with E-state index in [1.165, 1.54) is 11.3 Å². The van der Waals surface area contributed by atoms with Gasteiger partial charge in [-0.15, -0.1) is 11.3 Å². The summed E-state index contributed by atoms with van der Waals surface area (Å²) >= 11 is 1.42. The maximum Gasteiger partial charge on any atom is 0.241 e. The fraction of sp³-hybridized carbons (Fsp3) is 0.357. The molecule has 0 aliphatic rings. The van der Waals surface area contributed by atoms with Crippen LogP contribution in [0.3, 0.4) is 0 Å². The van der Waals surface area contributed by atoms with E-state index in [4.69, 9.17) is 5.73 Å². The standard InChI is InChI=1S/C14H19N3O2S2/c1-9-6-12(8-15)7-13(10(9)2)21(18,19)17-11(3)14-16-4-5-20-14/h4-7,11,17H,8,15H2,1-3H3. The highest BCUT2D eigenvalue weighted by Gasteiger charge is 2.22. The molecule has 0 radical (unpaired) electrons. The number of thiazole rings is 1. The van der Waals surface area contributed by atoms with Crippen molar-refractivity contribution < 1.29 is 8.42 Å². The lowest BCUT2D eigenvalue weighted by molar-refractivity contribution is 0.565. The van der Waals surface area contributed by atoms with Crippen molar-refractivity contribution in [2.75, 3.05) is 0 Å². The van der Waals surface area contributed by atoms with Crippen LogP contribution in [0.25, 0.3) is 0 Å². The Hall–Kier alpha value is -1.28. The van der Waals surface area contributed by atoms with Gasteiger partial charge in [0, 0.05) is 18.1 Å². The third kappa shape index (κ3) is 3.49. The van der Waals surface area contributed by atoms with Crippen LogP contribution in [-0.4, -0.2) is 13.4 Å². The molecule has 3 N–H and O–H groups in total. The van der Waals surface area contributed by atoms with Gasteiger partial charge in [-0.05, 0) is 43.5 Å². The highest BCUT2D eigenvalue weighted by atomic mass is 32.2. The largest absolute Gasteiger partial charge is 0.326 e. The zero-order valence-electron chi connectivity index (χ0n) is 12.3. The summed E-state index contributed by atoms with van der Waals surface area (Å²) in [5.41, 5.74) is 8.10. The Morgan fingerprint density at radius 1 is 1.38 bits per heavy atom. The molecule has 0 aliphatic heterocycles. The van der Waals surface area contributed by atoms with Crippen molar-refractivity contribution in [1.82, 2.24) is 9.71 Å². The quantitative estimate of drug-likeness (QED) is 0.883. The average molecular weight is 325 g/mol. The highest BCUT2D eigenvalue weighted by Crippen LogP contribution is 2.24. The topological polar surface area (TPSA) is 85.1 Å². The minimum atomic E-state index is -3.61. The van der Waals surface area contributed by atoms with E-state index < -0.39 is 10.0 Å². The Labute approximate surface area is 129 Å². The molecule has 0 saturated carbocycles. The fourth-order valence-electron chi connectivity index (χ4n) is 2.09. The molecular formula is C14H19N3O2S2. The number of hydrogen-bond donors (Lipinski definition) is 2. The molecule has 1 atom stereocenters. The van der Waals surface area contributed by atoms with E-state index in [1.807, 2.05) is 18.4 Å². The zero-order valence-corrected chi connectivity index (χ0v) is 13.9. The molecule has 2 rings (SSSR count). The van der Waals surface area contributed by atoms with Crippen molar-refractivity contribution in [3.05, 3.63) is 45.4 Å². The first-order chi connectivity index (χ1) is 9.85. The molecule has 1 aromatic heterocycles. The number of aromatic nitrogens is 1. The summed E-state index contributed by atoms with van der Waals surface area (Å²) in [6.07, 6.45) is 1.66. The number of rotatable bonds is 5. The maximum atomic E-state index is 12.6. The molecule has 7 heteroatoms. The van der Waals surface area contributed by atoms with Gasteiger partial charge in [0.2, 0.25) is 10.0 Å².